The van der Waals surface area contributed by atoms with E-state index in [4.69, 9.17) is 4.74 Å². The van der Waals surface area contributed by atoms with E-state index in [1.807, 2.05) is 48.5 Å². The highest BCUT2D eigenvalue weighted by atomic mass is 16.5. The molecule has 3 aliphatic rings. The fourth-order valence-corrected chi connectivity index (χ4v) is 7.80. The molecule has 51 heavy (non-hydrogen) atoms. The van der Waals surface area contributed by atoms with Crippen molar-refractivity contribution in [3.8, 4) is 5.75 Å². The predicted molar refractivity (Wildman–Crippen MR) is 200 cm³/mol. The first-order valence-corrected chi connectivity index (χ1v) is 17.6. The van der Waals surface area contributed by atoms with E-state index >= 15 is 0 Å². The summed E-state index contributed by atoms with van der Waals surface area (Å²) in [5.74, 6) is -0.698. The van der Waals surface area contributed by atoms with E-state index in [0.29, 0.717) is 23.6 Å². The zero-order valence-corrected chi connectivity index (χ0v) is 28.8. The molecule has 7 heteroatoms. The fraction of sp³-hybridized carbons (Fsp3) is 0.205. The number of anilines is 2. The lowest BCUT2D eigenvalue weighted by Gasteiger charge is -2.44. The summed E-state index contributed by atoms with van der Waals surface area (Å²) in [5, 5.41) is 2.45. The summed E-state index contributed by atoms with van der Waals surface area (Å²) >= 11 is 0. The summed E-state index contributed by atoms with van der Waals surface area (Å²) in [7, 11) is 0. The van der Waals surface area contributed by atoms with Gasteiger partial charge >= 0.3 is 6.03 Å². The Hall–Kier alpha value is -5.95. The lowest BCUT2D eigenvalue weighted by atomic mass is 9.76. The Balaban J connectivity index is 1.20. The number of amides is 4. The Bertz CT molecular complexity index is 2120. The van der Waals surface area contributed by atoms with Crippen LogP contribution < -0.4 is 19.9 Å². The number of barbiturate groups is 1. The highest BCUT2D eigenvalue weighted by Gasteiger charge is 2.40. The van der Waals surface area contributed by atoms with Crippen molar-refractivity contribution < 1.29 is 19.1 Å². The number of rotatable bonds is 7. The second-order valence-electron chi connectivity index (χ2n) is 13.7. The van der Waals surface area contributed by atoms with E-state index in [9.17, 15) is 14.4 Å². The van der Waals surface area contributed by atoms with Gasteiger partial charge in [-0.05, 0) is 89.9 Å². The highest BCUT2D eigenvalue weighted by Crippen LogP contribution is 2.50. The van der Waals surface area contributed by atoms with Crippen LogP contribution >= 0.6 is 0 Å². The minimum Gasteiger partial charge on any atom is -0.488 e. The van der Waals surface area contributed by atoms with Gasteiger partial charge in [0, 0.05) is 36.2 Å². The molecule has 1 saturated heterocycles. The molecule has 0 aromatic heterocycles. The predicted octanol–water partition coefficient (Wildman–Crippen LogP) is 8.43. The number of urea groups is 1. The lowest BCUT2D eigenvalue weighted by molar-refractivity contribution is -0.122. The largest absolute Gasteiger partial charge is 0.488 e. The maximum atomic E-state index is 14.4. The quantitative estimate of drug-likeness (QED) is 0.139. The third-order valence-corrected chi connectivity index (χ3v) is 10.5. The number of carbonyl (C=O) groups is 3. The summed E-state index contributed by atoms with van der Waals surface area (Å²) in [6.07, 6.45) is 3.35. The number of hydrogen-bond acceptors (Lipinski definition) is 5. The molecule has 3 aliphatic heterocycles. The van der Waals surface area contributed by atoms with Gasteiger partial charge in [-0.1, -0.05) is 97.1 Å². The van der Waals surface area contributed by atoms with Gasteiger partial charge in [-0.25, -0.2) is 9.69 Å². The van der Waals surface area contributed by atoms with Gasteiger partial charge in [0.15, 0.2) is 0 Å². The molecular formula is C44H39N3O4. The van der Waals surface area contributed by atoms with Gasteiger partial charge in [0.25, 0.3) is 11.8 Å². The molecule has 3 heterocycles. The summed E-state index contributed by atoms with van der Waals surface area (Å²) in [5.41, 5.74) is 10.0. The van der Waals surface area contributed by atoms with Crippen molar-refractivity contribution in [2.75, 3.05) is 22.9 Å². The maximum absolute atomic E-state index is 14.4. The van der Waals surface area contributed by atoms with Crippen molar-refractivity contribution in [3.63, 3.8) is 0 Å². The first-order valence-electron chi connectivity index (χ1n) is 17.6. The number of ether oxygens (including phenoxy) is 1. The topological polar surface area (TPSA) is 79.0 Å². The third-order valence-electron chi connectivity index (χ3n) is 10.5. The van der Waals surface area contributed by atoms with Crippen LogP contribution in [0.5, 0.6) is 5.75 Å². The first kappa shape index (κ1) is 32.3. The van der Waals surface area contributed by atoms with Crippen LogP contribution in [0, 0.1) is 13.8 Å². The Morgan fingerprint density at radius 2 is 1.33 bits per heavy atom. The molecule has 0 radical (unpaired) electrons. The van der Waals surface area contributed by atoms with Crippen LogP contribution in [0.3, 0.4) is 0 Å². The zero-order valence-electron chi connectivity index (χ0n) is 28.8. The van der Waals surface area contributed by atoms with Crippen LogP contribution in [0.25, 0.3) is 6.08 Å². The minimum atomic E-state index is -0.760. The number of imide groups is 2. The summed E-state index contributed by atoms with van der Waals surface area (Å²) in [6, 6.07) is 37.5. The molecule has 8 rings (SSSR count). The van der Waals surface area contributed by atoms with Crippen LogP contribution in [-0.2, 0) is 16.2 Å². The van der Waals surface area contributed by atoms with Crippen molar-refractivity contribution in [2.45, 2.75) is 45.1 Å². The minimum absolute atomic E-state index is 0.0895. The van der Waals surface area contributed by atoms with E-state index in [1.165, 1.54) is 34.0 Å². The smallest absolute Gasteiger partial charge is 0.335 e. The maximum Gasteiger partial charge on any atom is 0.335 e. The number of nitrogens with zero attached hydrogens (tertiary/aromatic N) is 2. The van der Waals surface area contributed by atoms with Gasteiger partial charge in [-0.2, -0.15) is 0 Å². The Morgan fingerprint density at radius 3 is 1.96 bits per heavy atom. The molecule has 0 aliphatic carbocycles. The lowest BCUT2D eigenvalue weighted by Crippen LogP contribution is -2.54. The molecule has 2 atom stereocenters. The number of carbonyl (C=O) groups excluding carboxylic acids is 3. The van der Waals surface area contributed by atoms with Gasteiger partial charge in [0.1, 0.15) is 17.9 Å². The number of para-hydroxylation sites is 1. The molecule has 254 valence electrons. The molecular weight excluding hydrogens is 635 g/mol. The fourth-order valence-electron chi connectivity index (χ4n) is 7.80. The van der Waals surface area contributed by atoms with Gasteiger partial charge in [0.05, 0.1) is 5.69 Å². The van der Waals surface area contributed by atoms with Crippen LogP contribution in [0.1, 0.15) is 69.2 Å². The van der Waals surface area contributed by atoms with Crippen molar-refractivity contribution >= 4 is 35.3 Å². The van der Waals surface area contributed by atoms with Gasteiger partial charge in [-0.3, -0.25) is 14.9 Å². The third kappa shape index (κ3) is 6.09. The summed E-state index contributed by atoms with van der Waals surface area (Å²) in [6.45, 7) is 6.31. The van der Waals surface area contributed by atoms with Gasteiger partial charge < -0.3 is 9.64 Å². The number of aryl methyl sites for hydroxylation is 2. The molecule has 5 aromatic carbocycles. The van der Waals surface area contributed by atoms with E-state index in [2.05, 4.69) is 84.7 Å². The van der Waals surface area contributed by atoms with Crippen molar-refractivity contribution in [1.29, 1.82) is 0 Å². The molecule has 1 fully saturated rings. The molecule has 0 saturated carbocycles. The molecule has 0 bridgehead atoms. The first-order chi connectivity index (χ1) is 24.9. The van der Waals surface area contributed by atoms with Crippen molar-refractivity contribution in [3.05, 3.63) is 165 Å². The van der Waals surface area contributed by atoms with Crippen molar-refractivity contribution in [2.24, 2.45) is 0 Å². The number of benzene rings is 5. The van der Waals surface area contributed by atoms with E-state index in [0.717, 1.165) is 47.5 Å². The Kier molecular flexibility index (Phi) is 8.48. The second-order valence-corrected chi connectivity index (χ2v) is 13.7. The zero-order chi connectivity index (χ0) is 35.1. The molecule has 0 unspecified atom stereocenters. The van der Waals surface area contributed by atoms with E-state index in [1.54, 1.807) is 6.07 Å². The van der Waals surface area contributed by atoms with Gasteiger partial charge in [-0.15, -0.1) is 0 Å². The van der Waals surface area contributed by atoms with Crippen LogP contribution in [-0.4, -0.2) is 30.9 Å². The molecule has 5 aromatic rings. The monoisotopic (exact) mass is 673 g/mol. The number of nitrogens with one attached hydrogen (secondary N) is 1. The number of hydrogen-bond donors (Lipinski definition) is 1. The summed E-state index contributed by atoms with van der Waals surface area (Å²) in [4.78, 5) is 45.0. The van der Waals surface area contributed by atoms with E-state index < -0.39 is 17.8 Å². The summed E-state index contributed by atoms with van der Waals surface area (Å²) < 4.78 is 6.21. The average Bonchev–Trinajstić information content (AvgIpc) is 3.15. The molecule has 1 N–H and O–H groups in total. The molecule has 0 spiro atoms. The van der Waals surface area contributed by atoms with Gasteiger partial charge in [0.2, 0.25) is 0 Å². The average molecular weight is 674 g/mol. The van der Waals surface area contributed by atoms with Crippen LogP contribution in [0.4, 0.5) is 16.2 Å². The highest BCUT2D eigenvalue weighted by molar-refractivity contribution is 6.39. The second kappa shape index (κ2) is 13.4. The normalized spacial score (nSPS) is 19.2. The van der Waals surface area contributed by atoms with Crippen LogP contribution in [0.15, 0.2) is 121 Å². The Morgan fingerprint density at radius 1 is 0.725 bits per heavy atom. The van der Waals surface area contributed by atoms with E-state index in [-0.39, 0.29) is 17.4 Å². The molecule has 7 nitrogen and oxygen atoms in total. The van der Waals surface area contributed by atoms with Crippen LogP contribution in [0.2, 0.25) is 0 Å². The van der Waals surface area contributed by atoms with Crippen molar-refractivity contribution in [1.82, 2.24) is 5.32 Å². The standard InChI is InChI=1S/C44H39N3O4/c1-28-17-18-30(23-29(28)2)27-51-40-16-10-9-15-33(40)24-39-42(48)45-44(50)47(43(39)49)34-25-37-35(31-11-5-3-6-12-31)19-21-46-22-20-36(38(26-34)41(37)46)32-13-7-4-8-14-32/h3-18,23-26,35-36H,19-22,27H2,1-2H3,(H,45,48,50)/b39-24+/t35-,36+. The molecule has 4 amide bonds. The SMILES string of the molecule is Cc1ccc(COc2ccccc2/C=C2\C(=O)NC(=O)N(c3cc4c5c(c3)[C@H](c3ccccc3)CCN5CC[C@@H]4c3ccccc3)C2=O)cc1C. The Labute approximate surface area is 298 Å².